The van der Waals surface area contributed by atoms with Crippen LogP contribution in [0.1, 0.15) is 52.4 Å². The van der Waals surface area contributed by atoms with Gasteiger partial charge in [-0.15, -0.1) is 0 Å². The minimum atomic E-state index is -0.0978. The third-order valence-electron chi connectivity index (χ3n) is 4.36. The molecule has 17 heavy (non-hydrogen) atoms. The van der Waals surface area contributed by atoms with Crippen LogP contribution in [0.4, 0.5) is 0 Å². The average Bonchev–Trinajstić information content (AvgIpc) is 2.37. The van der Waals surface area contributed by atoms with Gasteiger partial charge in [0, 0.05) is 7.11 Å². The molecule has 1 atom stereocenters. The maximum Gasteiger partial charge on any atom is 0.0847 e. The van der Waals surface area contributed by atoms with E-state index in [0.29, 0.717) is 0 Å². The number of ether oxygens (including phenoxy) is 1. The van der Waals surface area contributed by atoms with Crippen LogP contribution in [-0.4, -0.2) is 18.8 Å². The highest BCUT2D eigenvalue weighted by atomic mass is 16.5. The Morgan fingerprint density at radius 2 is 2.12 bits per heavy atom. The lowest BCUT2D eigenvalue weighted by Gasteiger charge is -2.44. The maximum absolute atomic E-state index is 5.84. The lowest BCUT2D eigenvalue weighted by Crippen LogP contribution is -2.56. The molecule has 0 heterocycles. The Morgan fingerprint density at radius 3 is 2.53 bits per heavy atom. The van der Waals surface area contributed by atoms with E-state index >= 15 is 0 Å². The van der Waals surface area contributed by atoms with Crippen LogP contribution in [0.2, 0.25) is 0 Å². The minimum absolute atomic E-state index is 0.0978. The van der Waals surface area contributed by atoms with Crippen molar-refractivity contribution in [2.45, 2.75) is 64.0 Å². The van der Waals surface area contributed by atoms with Crippen LogP contribution in [0, 0.1) is 5.92 Å². The molecule has 1 unspecified atom stereocenters. The second-order valence-electron chi connectivity index (χ2n) is 5.48. The summed E-state index contributed by atoms with van der Waals surface area (Å²) in [5.74, 6) is 6.54. The van der Waals surface area contributed by atoms with E-state index in [1.165, 1.54) is 18.4 Å². The number of nitrogens with two attached hydrogens (primary N) is 1. The van der Waals surface area contributed by atoms with Crippen molar-refractivity contribution in [3.63, 3.8) is 0 Å². The van der Waals surface area contributed by atoms with E-state index in [-0.39, 0.29) is 11.6 Å². The van der Waals surface area contributed by atoms with Gasteiger partial charge in [0.25, 0.3) is 0 Å². The SMILES string of the molecule is C=C(CC)CC(NN)C1(OC)CCC(C)CC1. The molecule has 0 spiro atoms. The average molecular weight is 240 g/mol. The summed E-state index contributed by atoms with van der Waals surface area (Å²) in [5, 5.41) is 0. The Hall–Kier alpha value is -0.380. The lowest BCUT2D eigenvalue weighted by molar-refractivity contribution is -0.0747. The van der Waals surface area contributed by atoms with Crippen LogP contribution in [0.15, 0.2) is 12.2 Å². The van der Waals surface area contributed by atoms with Gasteiger partial charge in [0.05, 0.1) is 11.6 Å². The molecule has 3 heteroatoms. The van der Waals surface area contributed by atoms with Crippen molar-refractivity contribution in [2.24, 2.45) is 11.8 Å². The minimum Gasteiger partial charge on any atom is -0.377 e. The van der Waals surface area contributed by atoms with Gasteiger partial charge >= 0.3 is 0 Å². The Morgan fingerprint density at radius 1 is 1.53 bits per heavy atom. The topological polar surface area (TPSA) is 47.3 Å². The summed E-state index contributed by atoms with van der Waals surface area (Å²) in [4.78, 5) is 0. The standard InChI is InChI=1S/C14H28N2O/c1-5-11(2)10-13(16-15)14(17-4)8-6-12(3)7-9-14/h12-13,16H,2,5-10,15H2,1,3-4H3. The normalized spacial score (nSPS) is 31.2. The summed E-state index contributed by atoms with van der Waals surface area (Å²) in [6, 6.07) is 0.187. The van der Waals surface area contributed by atoms with Gasteiger partial charge in [-0.1, -0.05) is 26.0 Å². The largest absolute Gasteiger partial charge is 0.377 e. The van der Waals surface area contributed by atoms with Gasteiger partial charge in [-0.3, -0.25) is 11.3 Å². The van der Waals surface area contributed by atoms with Gasteiger partial charge in [-0.2, -0.15) is 0 Å². The third kappa shape index (κ3) is 3.54. The summed E-state index contributed by atoms with van der Waals surface area (Å²) in [7, 11) is 1.81. The molecule has 0 radical (unpaired) electrons. The van der Waals surface area contributed by atoms with Crippen molar-refractivity contribution in [1.82, 2.24) is 5.43 Å². The van der Waals surface area contributed by atoms with Gasteiger partial charge < -0.3 is 4.74 Å². The molecule has 1 aliphatic rings. The predicted octanol–water partition coefficient (Wildman–Crippen LogP) is 2.77. The van der Waals surface area contributed by atoms with Crippen LogP contribution < -0.4 is 11.3 Å². The Labute approximate surface area is 106 Å². The molecular weight excluding hydrogens is 212 g/mol. The highest BCUT2D eigenvalue weighted by Gasteiger charge is 2.41. The van der Waals surface area contributed by atoms with Crippen molar-refractivity contribution < 1.29 is 4.74 Å². The Bertz CT molecular complexity index is 245. The first kappa shape index (κ1) is 14.7. The molecule has 0 aromatic carbocycles. The Balaban J connectivity index is 2.71. The third-order valence-corrected chi connectivity index (χ3v) is 4.36. The van der Waals surface area contributed by atoms with Gasteiger partial charge in [0.2, 0.25) is 0 Å². The second-order valence-corrected chi connectivity index (χ2v) is 5.48. The zero-order valence-electron chi connectivity index (χ0n) is 11.6. The molecule has 0 aromatic rings. The molecule has 0 aliphatic heterocycles. The highest BCUT2D eigenvalue weighted by molar-refractivity contribution is 5.04. The summed E-state index contributed by atoms with van der Waals surface area (Å²) in [6.07, 6.45) is 6.56. The number of rotatable bonds is 6. The predicted molar refractivity (Wildman–Crippen MR) is 72.5 cm³/mol. The van der Waals surface area contributed by atoms with Gasteiger partial charge in [0.15, 0.2) is 0 Å². The van der Waals surface area contributed by atoms with Crippen molar-refractivity contribution in [2.75, 3.05) is 7.11 Å². The molecule has 0 amide bonds. The van der Waals surface area contributed by atoms with Crippen LogP contribution in [-0.2, 0) is 4.74 Å². The van der Waals surface area contributed by atoms with Crippen LogP contribution in [0.5, 0.6) is 0 Å². The Kier molecular flexibility index (Phi) is 5.63. The fourth-order valence-corrected chi connectivity index (χ4v) is 2.78. The first-order valence-corrected chi connectivity index (χ1v) is 6.76. The molecule has 0 bridgehead atoms. The van der Waals surface area contributed by atoms with Crippen LogP contribution in [0.25, 0.3) is 0 Å². The highest BCUT2D eigenvalue weighted by Crippen LogP contribution is 2.38. The summed E-state index contributed by atoms with van der Waals surface area (Å²) >= 11 is 0. The fourth-order valence-electron chi connectivity index (χ4n) is 2.78. The maximum atomic E-state index is 5.84. The number of hydrazine groups is 1. The molecule has 0 saturated heterocycles. The molecule has 100 valence electrons. The summed E-state index contributed by atoms with van der Waals surface area (Å²) in [5.41, 5.74) is 4.10. The summed E-state index contributed by atoms with van der Waals surface area (Å²) < 4.78 is 5.84. The number of hydrogen-bond donors (Lipinski definition) is 2. The molecular formula is C14H28N2O. The van der Waals surface area contributed by atoms with Crippen LogP contribution >= 0.6 is 0 Å². The van der Waals surface area contributed by atoms with E-state index in [9.17, 15) is 0 Å². The van der Waals surface area contributed by atoms with E-state index in [2.05, 4.69) is 25.9 Å². The number of methoxy groups -OCH3 is 1. The quantitative estimate of drug-likeness (QED) is 0.426. The summed E-state index contributed by atoms with van der Waals surface area (Å²) in [6.45, 7) is 8.54. The zero-order chi connectivity index (χ0) is 12.9. The van der Waals surface area contributed by atoms with E-state index in [4.69, 9.17) is 10.6 Å². The van der Waals surface area contributed by atoms with Crippen molar-refractivity contribution >= 4 is 0 Å². The number of hydrogen-bond acceptors (Lipinski definition) is 3. The zero-order valence-corrected chi connectivity index (χ0v) is 11.6. The van der Waals surface area contributed by atoms with Gasteiger partial charge in [-0.25, -0.2) is 0 Å². The van der Waals surface area contributed by atoms with Gasteiger partial charge in [0.1, 0.15) is 0 Å². The molecule has 1 rings (SSSR count). The van der Waals surface area contributed by atoms with Gasteiger partial charge in [-0.05, 0) is 44.4 Å². The molecule has 3 N–H and O–H groups in total. The monoisotopic (exact) mass is 240 g/mol. The van der Waals surface area contributed by atoms with Crippen molar-refractivity contribution in [3.05, 3.63) is 12.2 Å². The van der Waals surface area contributed by atoms with Crippen LogP contribution in [0.3, 0.4) is 0 Å². The van der Waals surface area contributed by atoms with Crippen molar-refractivity contribution in [3.8, 4) is 0 Å². The number of nitrogens with one attached hydrogen (secondary N) is 1. The smallest absolute Gasteiger partial charge is 0.0847 e. The van der Waals surface area contributed by atoms with E-state index in [0.717, 1.165) is 31.6 Å². The first-order valence-electron chi connectivity index (χ1n) is 6.76. The molecule has 3 nitrogen and oxygen atoms in total. The lowest BCUT2D eigenvalue weighted by atomic mass is 9.74. The molecule has 1 fully saturated rings. The van der Waals surface area contributed by atoms with E-state index in [1.54, 1.807) is 0 Å². The fraction of sp³-hybridized carbons (Fsp3) is 0.857. The van der Waals surface area contributed by atoms with E-state index < -0.39 is 0 Å². The van der Waals surface area contributed by atoms with E-state index in [1.807, 2.05) is 7.11 Å². The second kappa shape index (κ2) is 6.53. The molecule has 1 aliphatic carbocycles. The molecule has 1 saturated carbocycles. The van der Waals surface area contributed by atoms with Crippen molar-refractivity contribution in [1.29, 1.82) is 0 Å². The molecule has 0 aromatic heterocycles. The first-order chi connectivity index (χ1) is 8.07.